The molecule has 120 valence electrons. The minimum atomic E-state index is -1.18. The topological polar surface area (TPSA) is 151 Å². The fourth-order valence-corrected chi connectivity index (χ4v) is 1.45. The Hall–Kier alpha value is -2.16. The lowest BCUT2D eigenvalue weighted by Crippen LogP contribution is -2.53. The van der Waals surface area contributed by atoms with E-state index < -0.39 is 36.3 Å². The summed E-state index contributed by atoms with van der Waals surface area (Å²) >= 11 is 0. The van der Waals surface area contributed by atoms with E-state index in [9.17, 15) is 19.2 Å². The van der Waals surface area contributed by atoms with E-state index >= 15 is 0 Å². The number of hydrogen-bond donors (Lipinski definition) is 5. The monoisotopic (exact) mass is 302 g/mol. The molecular formula is C12H22N4O5. The summed E-state index contributed by atoms with van der Waals surface area (Å²) < 4.78 is 0. The summed E-state index contributed by atoms with van der Waals surface area (Å²) in [6, 6.07) is -0.793. The first-order valence-corrected chi connectivity index (χ1v) is 6.57. The van der Waals surface area contributed by atoms with E-state index in [1.54, 1.807) is 6.92 Å². The van der Waals surface area contributed by atoms with Gasteiger partial charge in [-0.05, 0) is 5.92 Å². The summed E-state index contributed by atoms with van der Waals surface area (Å²) in [7, 11) is 0. The van der Waals surface area contributed by atoms with Crippen LogP contribution in [0.4, 0.5) is 0 Å². The van der Waals surface area contributed by atoms with Crippen molar-refractivity contribution in [1.82, 2.24) is 16.0 Å². The predicted molar refractivity (Wildman–Crippen MR) is 74.1 cm³/mol. The molecule has 0 spiro atoms. The van der Waals surface area contributed by atoms with Crippen LogP contribution in [0, 0.1) is 5.92 Å². The van der Waals surface area contributed by atoms with E-state index in [1.165, 1.54) is 0 Å². The molecule has 0 bridgehead atoms. The molecule has 9 nitrogen and oxygen atoms in total. The average molecular weight is 302 g/mol. The number of carboxylic acid groups (broad SMARTS) is 1. The van der Waals surface area contributed by atoms with Gasteiger partial charge in [0.05, 0.1) is 13.1 Å². The van der Waals surface area contributed by atoms with Crippen molar-refractivity contribution in [3.05, 3.63) is 0 Å². The zero-order valence-electron chi connectivity index (χ0n) is 12.1. The second kappa shape index (κ2) is 9.70. The number of nitrogens with one attached hydrogen (secondary N) is 3. The third kappa shape index (κ3) is 7.88. The summed E-state index contributed by atoms with van der Waals surface area (Å²) in [5, 5.41) is 15.3. The lowest BCUT2D eigenvalue weighted by Gasteiger charge is -2.23. The van der Waals surface area contributed by atoms with E-state index in [2.05, 4.69) is 16.0 Å². The van der Waals surface area contributed by atoms with E-state index in [4.69, 9.17) is 10.8 Å². The molecule has 0 fully saturated rings. The van der Waals surface area contributed by atoms with E-state index in [1.807, 2.05) is 6.92 Å². The number of rotatable bonds is 9. The second-order valence-corrected chi connectivity index (χ2v) is 4.52. The third-order valence-electron chi connectivity index (χ3n) is 2.86. The van der Waals surface area contributed by atoms with Crippen molar-refractivity contribution < 1.29 is 24.3 Å². The van der Waals surface area contributed by atoms with E-state index in [0.717, 1.165) is 0 Å². The molecule has 0 aromatic carbocycles. The molecule has 0 aromatic heterocycles. The molecule has 21 heavy (non-hydrogen) atoms. The highest BCUT2D eigenvalue weighted by Crippen LogP contribution is 2.07. The lowest BCUT2D eigenvalue weighted by atomic mass is 9.98. The van der Waals surface area contributed by atoms with Crippen molar-refractivity contribution >= 4 is 23.7 Å². The van der Waals surface area contributed by atoms with Gasteiger partial charge in [0.15, 0.2) is 0 Å². The molecule has 6 N–H and O–H groups in total. The molecule has 0 aromatic rings. The van der Waals surface area contributed by atoms with Gasteiger partial charge in [0, 0.05) is 0 Å². The number of carbonyl (C=O) groups is 4. The van der Waals surface area contributed by atoms with Crippen LogP contribution < -0.4 is 21.7 Å². The Morgan fingerprint density at radius 1 is 1.10 bits per heavy atom. The molecule has 0 rings (SSSR count). The van der Waals surface area contributed by atoms with Crippen molar-refractivity contribution in [3.8, 4) is 0 Å². The molecule has 2 unspecified atom stereocenters. The van der Waals surface area contributed by atoms with Crippen molar-refractivity contribution in [1.29, 1.82) is 0 Å². The first-order chi connectivity index (χ1) is 9.81. The van der Waals surface area contributed by atoms with E-state index in [0.29, 0.717) is 6.42 Å². The Morgan fingerprint density at radius 2 is 1.71 bits per heavy atom. The van der Waals surface area contributed by atoms with Crippen molar-refractivity contribution in [3.63, 3.8) is 0 Å². The van der Waals surface area contributed by atoms with Gasteiger partial charge >= 0.3 is 5.97 Å². The van der Waals surface area contributed by atoms with Gasteiger partial charge in [-0.15, -0.1) is 0 Å². The summed E-state index contributed by atoms with van der Waals surface area (Å²) in [6.45, 7) is 2.52. The van der Waals surface area contributed by atoms with Gasteiger partial charge in [-0.3, -0.25) is 19.2 Å². The first-order valence-electron chi connectivity index (χ1n) is 6.57. The Morgan fingerprint density at radius 3 is 2.19 bits per heavy atom. The molecule has 0 aliphatic heterocycles. The Bertz CT molecular complexity index is 399. The molecular weight excluding hydrogens is 280 g/mol. The van der Waals surface area contributed by atoms with Crippen LogP contribution in [0.1, 0.15) is 20.3 Å². The molecule has 0 aliphatic carbocycles. The van der Waals surface area contributed by atoms with Crippen LogP contribution in [-0.2, 0) is 19.2 Å². The summed E-state index contributed by atoms with van der Waals surface area (Å²) in [6.07, 6.45) is 0.647. The van der Waals surface area contributed by atoms with Crippen LogP contribution in [0.15, 0.2) is 0 Å². The second-order valence-electron chi connectivity index (χ2n) is 4.52. The van der Waals surface area contributed by atoms with Crippen molar-refractivity contribution in [2.45, 2.75) is 26.3 Å². The minimum absolute atomic E-state index is 0.136. The SMILES string of the molecule is CCC(C)C(NC(=O)CN)C(=O)NCC(=O)NCC(=O)O. The number of carboxylic acids is 1. The Balaban J connectivity index is 4.43. The van der Waals surface area contributed by atoms with Gasteiger partial charge in [-0.1, -0.05) is 20.3 Å². The maximum absolute atomic E-state index is 12.0. The number of hydrogen-bond acceptors (Lipinski definition) is 5. The van der Waals surface area contributed by atoms with Crippen LogP contribution in [0.5, 0.6) is 0 Å². The number of nitrogens with two attached hydrogens (primary N) is 1. The van der Waals surface area contributed by atoms with E-state index in [-0.39, 0.29) is 19.0 Å². The summed E-state index contributed by atoms with van der Waals surface area (Å²) in [5.41, 5.74) is 5.19. The standard InChI is InChI=1S/C12H22N4O5/c1-3-7(2)11(16-8(17)4-13)12(21)15-5-9(18)14-6-10(19)20/h7,11H,3-6,13H2,1-2H3,(H,14,18)(H,15,21)(H,16,17)(H,19,20). The van der Waals surface area contributed by atoms with Gasteiger partial charge < -0.3 is 26.8 Å². The smallest absolute Gasteiger partial charge is 0.322 e. The highest BCUT2D eigenvalue weighted by Gasteiger charge is 2.25. The van der Waals surface area contributed by atoms with Gasteiger partial charge in [0.1, 0.15) is 12.6 Å². The molecule has 0 radical (unpaired) electrons. The van der Waals surface area contributed by atoms with Gasteiger partial charge in [-0.25, -0.2) is 0 Å². The molecule has 0 heterocycles. The van der Waals surface area contributed by atoms with Gasteiger partial charge in [0.2, 0.25) is 17.7 Å². The van der Waals surface area contributed by atoms with Gasteiger partial charge in [-0.2, -0.15) is 0 Å². The average Bonchev–Trinajstić information content (AvgIpc) is 2.46. The molecule has 9 heteroatoms. The zero-order chi connectivity index (χ0) is 16.4. The number of aliphatic carboxylic acids is 1. The molecule has 0 saturated carbocycles. The molecule has 2 atom stereocenters. The maximum atomic E-state index is 12.0. The normalized spacial score (nSPS) is 12.9. The largest absolute Gasteiger partial charge is 0.480 e. The molecule has 0 aliphatic rings. The van der Waals surface area contributed by atoms with Crippen LogP contribution >= 0.6 is 0 Å². The Kier molecular flexibility index (Phi) is 8.70. The summed E-state index contributed by atoms with van der Waals surface area (Å²) in [5.74, 6) is -2.92. The molecule has 0 saturated heterocycles. The highest BCUT2D eigenvalue weighted by molar-refractivity contribution is 5.91. The zero-order valence-corrected chi connectivity index (χ0v) is 12.1. The van der Waals surface area contributed by atoms with Crippen LogP contribution in [0.2, 0.25) is 0 Å². The first kappa shape index (κ1) is 18.8. The van der Waals surface area contributed by atoms with Crippen LogP contribution in [0.3, 0.4) is 0 Å². The van der Waals surface area contributed by atoms with Crippen molar-refractivity contribution in [2.24, 2.45) is 11.7 Å². The molecule has 3 amide bonds. The Labute approximate surface area is 122 Å². The minimum Gasteiger partial charge on any atom is -0.480 e. The fourth-order valence-electron chi connectivity index (χ4n) is 1.45. The number of carbonyl (C=O) groups excluding carboxylic acids is 3. The lowest BCUT2D eigenvalue weighted by molar-refractivity contribution is -0.138. The number of amides is 3. The van der Waals surface area contributed by atoms with Crippen molar-refractivity contribution in [2.75, 3.05) is 19.6 Å². The fraction of sp³-hybridized carbons (Fsp3) is 0.667. The summed E-state index contributed by atoms with van der Waals surface area (Å²) in [4.78, 5) is 44.8. The third-order valence-corrected chi connectivity index (χ3v) is 2.86. The van der Waals surface area contributed by atoms with Gasteiger partial charge in [0.25, 0.3) is 0 Å². The van der Waals surface area contributed by atoms with Crippen LogP contribution in [0.25, 0.3) is 0 Å². The maximum Gasteiger partial charge on any atom is 0.322 e. The quantitative estimate of drug-likeness (QED) is 0.326. The predicted octanol–water partition coefficient (Wildman–Crippen LogP) is -2.21. The highest BCUT2D eigenvalue weighted by atomic mass is 16.4. The van der Waals surface area contributed by atoms with Crippen LogP contribution in [-0.4, -0.2) is 54.5 Å².